The largest absolute Gasteiger partial charge is 0.285 e. The lowest BCUT2D eigenvalue weighted by atomic mass is 9.95. The third kappa shape index (κ3) is 4.12. The van der Waals surface area contributed by atoms with E-state index in [1.54, 1.807) is 11.3 Å². The van der Waals surface area contributed by atoms with Gasteiger partial charge in [-0.05, 0) is 46.8 Å². The fourth-order valence-electron chi connectivity index (χ4n) is 4.09. The number of hydrogen-bond donors (Lipinski definition) is 0. The Morgan fingerprint density at radius 1 is 1.11 bits per heavy atom. The SMILES string of the molecule is CCN(Cc1ccccc1)[C@@H](c1cccs1)c1nnnn1C1CCCCC1. The van der Waals surface area contributed by atoms with Gasteiger partial charge in [0.15, 0.2) is 5.82 Å². The molecule has 0 radical (unpaired) electrons. The summed E-state index contributed by atoms with van der Waals surface area (Å²) in [4.78, 5) is 3.78. The van der Waals surface area contributed by atoms with Gasteiger partial charge >= 0.3 is 0 Å². The predicted molar refractivity (Wildman–Crippen MR) is 109 cm³/mol. The summed E-state index contributed by atoms with van der Waals surface area (Å²) in [6.07, 6.45) is 6.24. The van der Waals surface area contributed by atoms with E-state index in [0.717, 1.165) is 18.9 Å². The monoisotopic (exact) mass is 381 g/mol. The summed E-state index contributed by atoms with van der Waals surface area (Å²) < 4.78 is 2.12. The molecular weight excluding hydrogens is 354 g/mol. The van der Waals surface area contributed by atoms with Crippen molar-refractivity contribution < 1.29 is 0 Å². The van der Waals surface area contributed by atoms with E-state index in [1.165, 1.54) is 42.5 Å². The Morgan fingerprint density at radius 3 is 2.63 bits per heavy atom. The second-order valence-electron chi connectivity index (χ2n) is 7.24. The van der Waals surface area contributed by atoms with Crippen molar-refractivity contribution in [3.05, 3.63) is 64.1 Å². The van der Waals surface area contributed by atoms with Gasteiger partial charge in [-0.15, -0.1) is 16.4 Å². The number of thiophene rings is 1. The zero-order valence-corrected chi connectivity index (χ0v) is 16.7. The van der Waals surface area contributed by atoms with Crippen LogP contribution in [0, 0.1) is 0 Å². The highest BCUT2D eigenvalue weighted by molar-refractivity contribution is 7.10. The van der Waals surface area contributed by atoms with E-state index < -0.39 is 0 Å². The van der Waals surface area contributed by atoms with Crippen molar-refractivity contribution in [1.82, 2.24) is 25.1 Å². The van der Waals surface area contributed by atoms with Crippen LogP contribution in [-0.4, -0.2) is 31.7 Å². The van der Waals surface area contributed by atoms with Crippen molar-refractivity contribution in [2.75, 3.05) is 6.54 Å². The summed E-state index contributed by atoms with van der Waals surface area (Å²) in [6, 6.07) is 15.5. The van der Waals surface area contributed by atoms with E-state index in [4.69, 9.17) is 0 Å². The maximum absolute atomic E-state index is 4.53. The quantitative estimate of drug-likeness (QED) is 0.587. The molecule has 1 aromatic carbocycles. The van der Waals surface area contributed by atoms with E-state index in [9.17, 15) is 0 Å². The molecule has 0 bridgehead atoms. The Bertz CT molecular complexity index is 808. The molecule has 0 amide bonds. The van der Waals surface area contributed by atoms with Crippen LogP contribution in [0.2, 0.25) is 0 Å². The lowest BCUT2D eigenvalue weighted by Crippen LogP contribution is -2.32. The molecule has 1 aliphatic rings. The molecule has 2 heterocycles. The Labute approximate surface area is 165 Å². The van der Waals surface area contributed by atoms with Gasteiger partial charge in [0.2, 0.25) is 0 Å². The summed E-state index contributed by atoms with van der Waals surface area (Å²) in [5.74, 6) is 0.988. The summed E-state index contributed by atoms with van der Waals surface area (Å²) in [7, 11) is 0. The Hall–Kier alpha value is -2.05. The molecule has 1 aliphatic carbocycles. The Morgan fingerprint density at radius 2 is 1.93 bits per heavy atom. The van der Waals surface area contributed by atoms with Gasteiger partial charge in [0.25, 0.3) is 0 Å². The van der Waals surface area contributed by atoms with Crippen molar-refractivity contribution >= 4 is 11.3 Å². The first kappa shape index (κ1) is 18.3. The minimum atomic E-state index is 0.0899. The van der Waals surface area contributed by atoms with Gasteiger partial charge in [-0.25, -0.2) is 4.68 Å². The van der Waals surface area contributed by atoms with Crippen molar-refractivity contribution in [1.29, 1.82) is 0 Å². The van der Waals surface area contributed by atoms with Gasteiger partial charge in [-0.1, -0.05) is 62.6 Å². The molecule has 4 rings (SSSR count). The summed E-state index contributed by atoms with van der Waals surface area (Å²) in [5.41, 5.74) is 1.32. The first-order valence-electron chi connectivity index (χ1n) is 9.96. The molecule has 1 saturated carbocycles. The van der Waals surface area contributed by atoms with Gasteiger partial charge in [-0.3, -0.25) is 4.90 Å². The van der Waals surface area contributed by atoms with E-state index in [1.807, 2.05) is 0 Å². The Kier molecular flexibility index (Phi) is 5.94. The van der Waals surface area contributed by atoms with Gasteiger partial charge < -0.3 is 0 Å². The van der Waals surface area contributed by atoms with E-state index in [0.29, 0.717) is 6.04 Å². The molecular formula is C21H27N5S. The van der Waals surface area contributed by atoms with Crippen molar-refractivity contribution in [3.63, 3.8) is 0 Å². The third-order valence-electron chi connectivity index (χ3n) is 5.50. The summed E-state index contributed by atoms with van der Waals surface area (Å²) in [5, 5.41) is 15.2. The van der Waals surface area contributed by atoms with Crippen LogP contribution in [0.4, 0.5) is 0 Å². The average molecular weight is 382 g/mol. The molecule has 2 aromatic heterocycles. The molecule has 0 unspecified atom stereocenters. The highest BCUT2D eigenvalue weighted by Gasteiger charge is 2.30. The normalized spacial score (nSPS) is 16.7. The number of benzene rings is 1. The van der Waals surface area contributed by atoms with Gasteiger partial charge in [0.05, 0.1) is 6.04 Å². The molecule has 0 N–H and O–H groups in total. The number of nitrogens with zero attached hydrogens (tertiary/aromatic N) is 5. The maximum Gasteiger partial charge on any atom is 0.174 e. The van der Waals surface area contributed by atoms with Crippen LogP contribution in [0.5, 0.6) is 0 Å². The molecule has 0 saturated heterocycles. The van der Waals surface area contributed by atoms with Crippen LogP contribution < -0.4 is 0 Å². The smallest absolute Gasteiger partial charge is 0.174 e. The molecule has 5 nitrogen and oxygen atoms in total. The topological polar surface area (TPSA) is 46.8 Å². The highest BCUT2D eigenvalue weighted by Crippen LogP contribution is 2.35. The van der Waals surface area contributed by atoms with Crippen molar-refractivity contribution in [2.45, 2.75) is 57.7 Å². The number of aromatic nitrogens is 4. The standard InChI is InChI=1S/C21H27N5S/c1-2-25(16-17-10-5-3-6-11-17)20(19-14-9-15-27-19)21-22-23-24-26(21)18-12-7-4-8-13-18/h3,5-6,9-11,14-15,18,20H,2,4,7-8,12-13,16H2,1H3/t20-/m0/s1. The fourth-order valence-corrected chi connectivity index (χ4v) is 4.94. The maximum atomic E-state index is 4.53. The average Bonchev–Trinajstić information content (AvgIpc) is 3.42. The molecule has 1 fully saturated rings. The van der Waals surface area contributed by atoms with Crippen LogP contribution in [0.25, 0.3) is 0 Å². The van der Waals surface area contributed by atoms with Crippen LogP contribution in [0.3, 0.4) is 0 Å². The van der Waals surface area contributed by atoms with E-state index >= 15 is 0 Å². The minimum absolute atomic E-state index is 0.0899. The molecule has 142 valence electrons. The number of hydrogen-bond acceptors (Lipinski definition) is 5. The van der Waals surface area contributed by atoms with Gasteiger partial charge in [0.1, 0.15) is 6.04 Å². The van der Waals surface area contributed by atoms with Crippen LogP contribution in [0.15, 0.2) is 47.8 Å². The molecule has 1 atom stereocenters. The van der Waals surface area contributed by atoms with Crippen LogP contribution in [0.1, 0.15) is 67.4 Å². The van der Waals surface area contributed by atoms with Crippen molar-refractivity contribution in [3.8, 4) is 0 Å². The van der Waals surface area contributed by atoms with E-state index in [-0.39, 0.29) is 6.04 Å². The summed E-state index contributed by atoms with van der Waals surface area (Å²) in [6.45, 7) is 4.05. The van der Waals surface area contributed by atoms with Gasteiger partial charge in [0, 0.05) is 11.4 Å². The number of rotatable bonds is 7. The molecule has 0 aliphatic heterocycles. The second kappa shape index (κ2) is 8.76. The molecule has 27 heavy (non-hydrogen) atoms. The lowest BCUT2D eigenvalue weighted by Gasteiger charge is -2.31. The predicted octanol–water partition coefficient (Wildman–Crippen LogP) is 4.85. The third-order valence-corrected chi connectivity index (χ3v) is 6.42. The van der Waals surface area contributed by atoms with E-state index in [2.05, 4.69) is 79.9 Å². The lowest BCUT2D eigenvalue weighted by molar-refractivity contribution is 0.208. The zero-order chi connectivity index (χ0) is 18.5. The van der Waals surface area contributed by atoms with Crippen LogP contribution in [-0.2, 0) is 6.54 Å². The first-order valence-corrected chi connectivity index (χ1v) is 10.8. The zero-order valence-electron chi connectivity index (χ0n) is 15.9. The van der Waals surface area contributed by atoms with Crippen molar-refractivity contribution in [2.24, 2.45) is 0 Å². The molecule has 6 heteroatoms. The minimum Gasteiger partial charge on any atom is -0.285 e. The fraction of sp³-hybridized carbons (Fsp3) is 0.476. The van der Waals surface area contributed by atoms with Gasteiger partial charge in [-0.2, -0.15) is 0 Å². The molecule has 0 spiro atoms. The summed E-state index contributed by atoms with van der Waals surface area (Å²) >= 11 is 1.79. The molecule has 3 aromatic rings. The number of tetrazole rings is 1. The highest BCUT2D eigenvalue weighted by atomic mass is 32.1. The van der Waals surface area contributed by atoms with Crippen LogP contribution >= 0.6 is 11.3 Å². The first-order chi connectivity index (χ1) is 13.4. The Balaban J connectivity index is 1.69. The second-order valence-corrected chi connectivity index (χ2v) is 8.22.